The number of likely N-dealkylation sites (N-methyl/N-ethyl adjacent to an activating group) is 1. The maximum Gasteiger partial charge on any atom is 0.230 e. The molecule has 134 valence electrons. The Morgan fingerprint density at radius 2 is 2.27 bits per heavy atom. The number of H-pyrrole nitrogens is 1. The van der Waals surface area contributed by atoms with Crippen LogP contribution in [0.1, 0.15) is 28.5 Å². The normalized spacial score (nSPS) is 25.2. The minimum Gasteiger partial charge on any atom is -0.361 e. The van der Waals surface area contributed by atoms with Gasteiger partial charge in [0, 0.05) is 35.6 Å². The number of aromatic amines is 1. The number of hydrogen-bond acceptors (Lipinski definition) is 5. The van der Waals surface area contributed by atoms with E-state index < -0.39 is 0 Å². The molecule has 7 heteroatoms. The van der Waals surface area contributed by atoms with Gasteiger partial charge in [-0.2, -0.15) is 0 Å². The van der Waals surface area contributed by atoms with Crippen molar-refractivity contribution in [2.24, 2.45) is 5.92 Å². The van der Waals surface area contributed by atoms with Gasteiger partial charge in [-0.3, -0.25) is 4.79 Å². The van der Waals surface area contributed by atoms with E-state index in [4.69, 9.17) is 0 Å². The summed E-state index contributed by atoms with van der Waals surface area (Å²) in [7, 11) is 2.14. The van der Waals surface area contributed by atoms with Crippen LogP contribution >= 0.6 is 11.3 Å². The fourth-order valence-electron chi connectivity index (χ4n) is 4.69. The Bertz CT molecular complexity index is 993. The summed E-state index contributed by atoms with van der Waals surface area (Å²) in [6.07, 6.45) is 4.07. The minimum atomic E-state index is -0.0406. The van der Waals surface area contributed by atoms with Crippen molar-refractivity contribution in [2.75, 3.05) is 18.9 Å². The van der Waals surface area contributed by atoms with E-state index in [1.165, 1.54) is 33.4 Å². The third-order valence-electron chi connectivity index (χ3n) is 5.85. The first-order valence-corrected chi connectivity index (χ1v) is 9.82. The van der Waals surface area contributed by atoms with E-state index in [2.05, 4.69) is 56.8 Å². The van der Waals surface area contributed by atoms with Crippen molar-refractivity contribution in [3.63, 3.8) is 0 Å². The van der Waals surface area contributed by atoms with E-state index in [9.17, 15) is 4.79 Å². The van der Waals surface area contributed by atoms with Crippen LogP contribution in [-0.4, -0.2) is 45.6 Å². The Balaban J connectivity index is 1.44. The van der Waals surface area contributed by atoms with Crippen molar-refractivity contribution in [2.45, 2.75) is 31.7 Å². The van der Waals surface area contributed by atoms with Crippen LogP contribution in [0.15, 0.2) is 24.4 Å². The summed E-state index contributed by atoms with van der Waals surface area (Å²) in [6, 6.07) is 6.95. The summed E-state index contributed by atoms with van der Waals surface area (Å²) < 4.78 is 0. The number of piperidine rings is 1. The number of carbonyl (C=O) groups is 1. The Morgan fingerprint density at radius 3 is 3.08 bits per heavy atom. The number of anilines is 1. The van der Waals surface area contributed by atoms with Crippen molar-refractivity contribution < 1.29 is 4.79 Å². The molecule has 2 aliphatic rings. The molecule has 3 aromatic rings. The number of fused-ring (bicyclic) bond motifs is 2. The lowest BCUT2D eigenvalue weighted by atomic mass is 9.72. The van der Waals surface area contributed by atoms with Crippen LogP contribution in [0.25, 0.3) is 10.9 Å². The van der Waals surface area contributed by atoms with Crippen LogP contribution in [0.2, 0.25) is 0 Å². The molecular formula is C19H21N5OS. The third kappa shape index (κ3) is 2.46. The molecule has 0 spiro atoms. The zero-order valence-corrected chi connectivity index (χ0v) is 15.6. The lowest BCUT2D eigenvalue weighted by molar-refractivity contribution is -0.122. The van der Waals surface area contributed by atoms with E-state index in [0.29, 0.717) is 17.1 Å². The van der Waals surface area contributed by atoms with Crippen LogP contribution in [-0.2, 0) is 11.2 Å². The molecule has 1 aliphatic heterocycles. The number of carbonyl (C=O) groups excluding carboxylic acids is 1. The van der Waals surface area contributed by atoms with Crippen molar-refractivity contribution in [3.05, 3.63) is 40.5 Å². The van der Waals surface area contributed by atoms with Gasteiger partial charge in [0.2, 0.25) is 11.0 Å². The molecule has 1 fully saturated rings. The van der Waals surface area contributed by atoms with Gasteiger partial charge in [-0.15, -0.1) is 10.2 Å². The number of amides is 1. The molecular weight excluding hydrogens is 346 g/mol. The smallest absolute Gasteiger partial charge is 0.230 e. The average Bonchev–Trinajstić information content (AvgIpc) is 3.23. The Hall–Kier alpha value is -2.25. The highest BCUT2D eigenvalue weighted by Gasteiger charge is 2.41. The van der Waals surface area contributed by atoms with Crippen molar-refractivity contribution in [1.29, 1.82) is 0 Å². The summed E-state index contributed by atoms with van der Waals surface area (Å²) in [5.74, 6) is 0.396. The van der Waals surface area contributed by atoms with E-state index in [1.54, 1.807) is 0 Å². The molecule has 1 amide bonds. The number of hydrogen-bond donors (Lipinski definition) is 2. The van der Waals surface area contributed by atoms with Crippen LogP contribution in [0, 0.1) is 12.8 Å². The molecule has 0 bridgehead atoms. The number of nitrogens with zero attached hydrogens (tertiary/aromatic N) is 3. The monoisotopic (exact) mass is 367 g/mol. The quantitative estimate of drug-likeness (QED) is 0.730. The van der Waals surface area contributed by atoms with Crippen molar-refractivity contribution in [1.82, 2.24) is 20.1 Å². The van der Waals surface area contributed by atoms with E-state index in [0.717, 1.165) is 24.4 Å². The zero-order chi connectivity index (χ0) is 17.8. The molecule has 2 aromatic heterocycles. The predicted octanol–water partition coefficient (Wildman–Crippen LogP) is 2.93. The number of benzene rings is 1. The summed E-state index contributed by atoms with van der Waals surface area (Å²) in [5, 5.41) is 13.8. The van der Waals surface area contributed by atoms with Gasteiger partial charge in [-0.05, 0) is 44.0 Å². The highest BCUT2D eigenvalue weighted by molar-refractivity contribution is 7.15. The maximum absolute atomic E-state index is 12.8. The summed E-state index contributed by atoms with van der Waals surface area (Å²) in [5.41, 5.74) is 3.98. The Morgan fingerprint density at radius 1 is 1.38 bits per heavy atom. The van der Waals surface area contributed by atoms with Gasteiger partial charge in [0.15, 0.2) is 0 Å². The molecule has 1 saturated heterocycles. The summed E-state index contributed by atoms with van der Waals surface area (Å²) >= 11 is 1.42. The Labute approximate surface area is 155 Å². The second-order valence-corrected chi connectivity index (χ2v) is 8.63. The number of rotatable bonds is 2. The van der Waals surface area contributed by atoms with Gasteiger partial charge in [-0.1, -0.05) is 23.5 Å². The van der Waals surface area contributed by atoms with Gasteiger partial charge in [0.05, 0.1) is 5.92 Å². The topological polar surface area (TPSA) is 73.9 Å². The van der Waals surface area contributed by atoms with Gasteiger partial charge in [-0.25, -0.2) is 0 Å². The molecule has 6 nitrogen and oxygen atoms in total. The SMILES string of the molecule is Cc1nnc(NC(=O)C2C[C@@H]3c4cccc5[nH]cc(c45)C[C@H]3N(C)C2)s1. The third-order valence-corrected chi connectivity index (χ3v) is 6.61. The average molecular weight is 367 g/mol. The first-order valence-electron chi connectivity index (χ1n) is 9.00. The summed E-state index contributed by atoms with van der Waals surface area (Å²) in [6.45, 7) is 2.67. The number of aryl methyl sites for hydroxylation is 1. The van der Waals surface area contributed by atoms with Crippen molar-refractivity contribution in [3.8, 4) is 0 Å². The lowest BCUT2D eigenvalue weighted by Gasteiger charge is -2.45. The maximum atomic E-state index is 12.8. The molecule has 1 aliphatic carbocycles. The molecule has 1 unspecified atom stereocenters. The highest BCUT2D eigenvalue weighted by atomic mass is 32.1. The van der Waals surface area contributed by atoms with E-state index in [1.807, 2.05) is 6.92 Å². The first-order chi connectivity index (χ1) is 12.6. The highest BCUT2D eigenvalue weighted by Crippen LogP contribution is 2.44. The van der Waals surface area contributed by atoms with Gasteiger partial charge < -0.3 is 15.2 Å². The van der Waals surface area contributed by atoms with Crippen LogP contribution in [0.4, 0.5) is 5.13 Å². The molecule has 3 heterocycles. The Kier molecular flexibility index (Phi) is 3.62. The minimum absolute atomic E-state index is 0.0406. The predicted molar refractivity (Wildman–Crippen MR) is 103 cm³/mol. The second kappa shape index (κ2) is 5.89. The molecule has 1 aromatic carbocycles. The van der Waals surface area contributed by atoms with E-state index in [-0.39, 0.29) is 11.8 Å². The lowest BCUT2D eigenvalue weighted by Crippen LogP contribution is -2.50. The van der Waals surface area contributed by atoms with Gasteiger partial charge >= 0.3 is 0 Å². The molecule has 0 radical (unpaired) electrons. The van der Waals surface area contributed by atoms with Crippen LogP contribution in [0.5, 0.6) is 0 Å². The van der Waals surface area contributed by atoms with Gasteiger partial charge in [0.25, 0.3) is 0 Å². The summed E-state index contributed by atoms with van der Waals surface area (Å²) in [4.78, 5) is 18.6. The zero-order valence-electron chi connectivity index (χ0n) is 14.8. The molecule has 5 rings (SSSR count). The second-order valence-electron chi connectivity index (χ2n) is 7.45. The van der Waals surface area contributed by atoms with E-state index >= 15 is 0 Å². The molecule has 0 saturated carbocycles. The molecule has 26 heavy (non-hydrogen) atoms. The van der Waals surface area contributed by atoms with Crippen molar-refractivity contribution >= 4 is 33.3 Å². The largest absolute Gasteiger partial charge is 0.361 e. The standard InChI is InChI=1S/C19H21N5OS/c1-10-22-23-19(26-10)21-18(25)12-6-14-13-4-3-5-15-17(13)11(8-20-15)7-16(14)24(2)9-12/h3-5,8,12,14,16,20H,6-7,9H2,1-2H3,(H,21,23,25)/t12?,14-,16-/m1/s1. The number of nitrogens with one attached hydrogen (secondary N) is 2. The fraction of sp³-hybridized carbons (Fsp3) is 0.421. The number of likely N-dealkylation sites (tertiary alicyclic amines) is 1. The van der Waals surface area contributed by atoms with Gasteiger partial charge in [0.1, 0.15) is 5.01 Å². The van der Waals surface area contributed by atoms with Crippen LogP contribution in [0.3, 0.4) is 0 Å². The molecule has 2 N–H and O–H groups in total. The first kappa shape index (κ1) is 16.0. The fourth-order valence-corrected chi connectivity index (χ4v) is 5.28. The van der Waals surface area contributed by atoms with Crippen LogP contribution < -0.4 is 5.32 Å². The number of aromatic nitrogens is 3. The molecule has 3 atom stereocenters.